The van der Waals surface area contributed by atoms with Crippen LogP contribution in [-0.2, 0) is 6.61 Å². The van der Waals surface area contributed by atoms with Crippen LogP contribution in [0.1, 0.15) is 22.3 Å². The Labute approximate surface area is 107 Å². The zero-order valence-corrected chi connectivity index (χ0v) is 10.9. The Morgan fingerprint density at radius 2 is 1.61 bits per heavy atom. The monoisotopic (exact) mass is 244 g/mol. The van der Waals surface area contributed by atoms with E-state index in [4.69, 9.17) is 0 Å². The molecule has 1 N–H and O–H groups in total. The maximum Gasteiger partial charge on any atom is 0.133 e. The standard InChI is InChI=1S/C16H17FO/c1-10-5-4-6-14(16(10)17)13-7-11(2)15(9-18)12(3)8-13/h4-8,18H,9H2,1-3H3. The van der Waals surface area contributed by atoms with E-state index in [9.17, 15) is 9.50 Å². The van der Waals surface area contributed by atoms with E-state index < -0.39 is 0 Å². The van der Waals surface area contributed by atoms with Gasteiger partial charge in [0.1, 0.15) is 5.82 Å². The number of aliphatic hydroxyl groups is 1. The molecule has 0 radical (unpaired) electrons. The summed E-state index contributed by atoms with van der Waals surface area (Å²) in [4.78, 5) is 0. The van der Waals surface area contributed by atoms with Crippen LogP contribution >= 0.6 is 0 Å². The highest BCUT2D eigenvalue weighted by molar-refractivity contribution is 5.67. The van der Waals surface area contributed by atoms with Crippen LogP contribution in [0.3, 0.4) is 0 Å². The third kappa shape index (κ3) is 2.16. The first-order valence-electron chi connectivity index (χ1n) is 6.01. The van der Waals surface area contributed by atoms with Gasteiger partial charge in [-0.2, -0.15) is 0 Å². The van der Waals surface area contributed by atoms with E-state index in [0.29, 0.717) is 11.1 Å². The highest BCUT2D eigenvalue weighted by Gasteiger charge is 2.10. The van der Waals surface area contributed by atoms with Crippen molar-refractivity contribution in [3.05, 3.63) is 58.4 Å². The van der Waals surface area contributed by atoms with Gasteiger partial charge < -0.3 is 5.11 Å². The molecule has 0 spiro atoms. The number of benzene rings is 2. The highest BCUT2D eigenvalue weighted by atomic mass is 19.1. The molecule has 94 valence electrons. The van der Waals surface area contributed by atoms with Gasteiger partial charge in [0, 0.05) is 5.56 Å². The van der Waals surface area contributed by atoms with Crippen LogP contribution in [0.4, 0.5) is 4.39 Å². The molecule has 2 rings (SSSR count). The molecule has 0 aromatic heterocycles. The Morgan fingerprint density at radius 1 is 1.00 bits per heavy atom. The maximum atomic E-state index is 14.1. The number of aliphatic hydroxyl groups excluding tert-OH is 1. The van der Waals surface area contributed by atoms with Crippen molar-refractivity contribution in [3.8, 4) is 11.1 Å². The lowest BCUT2D eigenvalue weighted by Crippen LogP contribution is -1.96. The maximum absolute atomic E-state index is 14.1. The summed E-state index contributed by atoms with van der Waals surface area (Å²) in [5.74, 6) is -0.173. The molecule has 0 saturated carbocycles. The summed E-state index contributed by atoms with van der Waals surface area (Å²) in [5, 5.41) is 9.29. The quantitative estimate of drug-likeness (QED) is 0.849. The van der Waals surface area contributed by atoms with Crippen LogP contribution < -0.4 is 0 Å². The predicted octanol–water partition coefficient (Wildman–Crippen LogP) is 3.91. The fraction of sp³-hybridized carbons (Fsp3) is 0.250. The second-order valence-corrected chi connectivity index (χ2v) is 4.68. The zero-order valence-electron chi connectivity index (χ0n) is 10.9. The molecular weight excluding hydrogens is 227 g/mol. The van der Waals surface area contributed by atoms with Crippen molar-refractivity contribution in [2.75, 3.05) is 0 Å². The topological polar surface area (TPSA) is 20.2 Å². The fourth-order valence-corrected chi connectivity index (χ4v) is 2.27. The van der Waals surface area contributed by atoms with Gasteiger partial charge in [-0.05, 0) is 48.6 Å². The van der Waals surface area contributed by atoms with Gasteiger partial charge in [-0.15, -0.1) is 0 Å². The molecule has 2 heteroatoms. The normalized spacial score (nSPS) is 10.7. The van der Waals surface area contributed by atoms with Crippen molar-refractivity contribution >= 4 is 0 Å². The first kappa shape index (κ1) is 12.8. The first-order valence-corrected chi connectivity index (χ1v) is 6.01. The minimum atomic E-state index is -0.173. The summed E-state index contributed by atoms with van der Waals surface area (Å²) >= 11 is 0. The fourth-order valence-electron chi connectivity index (χ4n) is 2.27. The van der Waals surface area contributed by atoms with Crippen LogP contribution in [0.15, 0.2) is 30.3 Å². The van der Waals surface area contributed by atoms with Crippen molar-refractivity contribution in [1.29, 1.82) is 0 Å². The van der Waals surface area contributed by atoms with Gasteiger partial charge in [0.2, 0.25) is 0 Å². The van der Waals surface area contributed by atoms with E-state index >= 15 is 0 Å². The molecular formula is C16H17FO. The zero-order chi connectivity index (χ0) is 13.3. The summed E-state index contributed by atoms with van der Waals surface area (Å²) < 4.78 is 14.1. The van der Waals surface area contributed by atoms with Crippen molar-refractivity contribution in [2.45, 2.75) is 27.4 Å². The van der Waals surface area contributed by atoms with E-state index in [1.165, 1.54) is 0 Å². The lowest BCUT2D eigenvalue weighted by molar-refractivity contribution is 0.280. The van der Waals surface area contributed by atoms with Gasteiger partial charge in [0.15, 0.2) is 0 Å². The Morgan fingerprint density at radius 3 is 2.17 bits per heavy atom. The van der Waals surface area contributed by atoms with Crippen molar-refractivity contribution in [2.24, 2.45) is 0 Å². The third-order valence-corrected chi connectivity index (χ3v) is 3.36. The summed E-state index contributed by atoms with van der Waals surface area (Å²) in [6.07, 6.45) is 0. The number of aryl methyl sites for hydroxylation is 3. The average Bonchev–Trinajstić information content (AvgIpc) is 2.32. The van der Waals surface area contributed by atoms with E-state index in [1.54, 1.807) is 19.1 Å². The molecule has 0 aliphatic carbocycles. The highest BCUT2D eigenvalue weighted by Crippen LogP contribution is 2.28. The van der Waals surface area contributed by atoms with Gasteiger partial charge in [0.25, 0.3) is 0 Å². The second-order valence-electron chi connectivity index (χ2n) is 4.68. The molecule has 0 aliphatic heterocycles. The molecule has 0 saturated heterocycles. The Hall–Kier alpha value is -1.67. The molecule has 1 nitrogen and oxygen atoms in total. The van der Waals surface area contributed by atoms with Gasteiger partial charge in [-0.3, -0.25) is 0 Å². The molecule has 0 aliphatic rings. The Kier molecular flexibility index (Phi) is 3.48. The minimum Gasteiger partial charge on any atom is -0.392 e. The predicted molar refractivity (Wildman–Crippen MR) is 72.0 cm³/mol. The Balaban J connectivity index is 2.62. The SMILES string of the molecule is Cc1cccc(-c2cc(C)c(CO)c(C)c2)c1F. The molecule has 18 heavy (non-hydrogen) atoms. The van der Waals surface area contributed by atoms with Crippen LogP contribution in [0.25, 0.3) is 11.1 Å². The largest absolute Gasteiger partial charge is 0.392 e. The summed E-state index contributed by atoms with van der Waals surface area (Å²) in [5.41, 5.74) is 5.04. The van der Waals surface area contributed by atoms with E-state index in [0.717, 1.165) is 22.3 Å². The van der Waals surface area contributed by atoms with Gasteiger partial charge >= 0.3 is 0 Å². The molecule has 0 unspecified atom stereocenters. The first-order chi connectivity index (χ1) is 8.54. The molecule has 0 heterocycles. The number of halogens is 1. The minimum absolute atomic E-state index is 0.0221. The van der Waals surface area contributed by atoms with Crippen molar-refractivity contribution in [1.82, 2.24) is 0 Å². The second kappa shape index (κ2) is 4.91. The van der Waals surface area contributed by atoms with E-state index in [1.807, 2.05) is 32.0 Å². The van der Waals surface area contributed by atoms with E-state index in [2.05, 4.69) is 0 Å². The van der Waals surface area contributed by atoms with Crippen LogP contribution in [0.5, 0.6) is 0 Å². The molecule has 0 fully saturated rings. The number of rotatable bonds is 2. The Bertz CT molecular complexity index is 565. The third-order valence-electron chi connectivity index (χ3n) is 3.36. The molecule has 2 aromatic rings. The lowest BCUT2D eigenvalue weighted by atomic mass is 9.95. The van der Waals surface area contributed by atoms with Crippen molar-refractivity contribution < 1.29 is 9.50 Å². The van der Waals surface area contributed by atoms with Gasteiger partial charge in [-0.1, -0.05) is 30.3 Å². The summed E-state index contributed by atoms with van der Waals surface area (Å²) in [6.45, 7) is 5.67. The molecule has 2 aromatic carbocycles. The van der Waals surface area contributed by atoms with Crippen LogP contribution in [0, 0.1) is 26.6 Å². The van der Waals surface area contributed by atoms with Gasteiger partial charge in [-0.25, -0.2) is 4.39 Å². The summed E-state index contributed by atoms with van der Waals surface area (Å²) in [6, 6.07) is 9.26. The van der Waals surface area contributed by atoms with E-state index in [-0.39, 0.29) is 12.4 Å². The lowest BCUT2D eigenvalue weighted by Gasteiger charge is -2.12. The van der Waals surface area contributed by atoms with Gasteiger partial charge in [0.05, 0.1) is 6.61 Å². The van der Waals surface area contributed by atoms with Crippen molar-refractivity contribution in [3.63, 3.8) is 0 Å². The summed E-state index contributed by atoms with van der Waals surface area (Å²) in [7, 11) is 0. The smallest absolute Gasteiger partial charge is 0.133 e. The number of hydrogen-bond donors (Lipinski definition) is 1. The molecule has 0 amide bonds. The van der Waals surface area contributed by atoms with Crippen LogP contribution in [0.2, 0.25) is 0 Å². The molecule has 0 atom stereocenters. The van der Waals surface area contributed by atoms with Crippen LogP contribution in [-0.4, -0.2) is 5.11 Å². The number of hydrogen-bond acceptors (Lipinski definition) is 1. The molecule has 0 bridgehead atoms. The average molecular weight is 244 g/mol.